The zero-order valence-corrected chi connectivity index (χ0v) is 11.8. The van der Waals surface area contributed by atoms with Gasteiger partial charge >= 0.3 is 0 Å². The SMILES string of the molecule is CCC(C)[C@H](N)C(=O)Nc1ccc(OC)cc1[N+](=O)[O-]. The molecule has 7 heteroatoms. The molecule has 2 atom stereocenters. The molecule has 1 aromatic rings. The summed E-state index contributed by atoms with van der Waals surface area (Å²) in [5.41, 5.74) is 5.68. The number of hydrogen-bond acceptors (Lipinski definition) is 5. The van der Waals surface area contributed by atoms with Gasteiger partial charge in [-0.25, -0.2) is 0 Å². The van der Waals surface area contributed by atoms with Crippen molar-refractivity contribution in [2.45, 2.75) is 26.3 Å². The van der Waals surface area contributed by atoms with Crippen LogP contribution in [0.2, 0.25) is 0 Å². The average Bonchev–Trinajstić information content (AvgIpc) is 2.45. The molecule has 1 amide bonds. The molecule has 0 fully saturated rings. The van der Waals surface area contributed by atoms with Crippen LogP contribution >= 0.6 is 0 Å². The van der Waals surface area contributed by atoms with E-state index in [4.69, 9.17) is 10.5 Å². The molecule has 0 saturated heterocycles. The molecule has 0 spiro atoms. The van der Waals surface area contributed by atoms with E-state index in [9.17, 15) is 14.9 Å². The van der Waals surface area contributed by atoms with E-state index in [1.165, 1.54) is 25.3 Å². The molecule has 1 aromatic carbocycles. The minimum absolute atomic E-state index is 0.00713. The Balaban J connectivity index is 2.97. The first-order valence-electron chi connectivity index (χ1n) is 6.29. The van der Waals surface area contributed by atoms with Crippen molar-refractivity contribution < 1.29 is 14.5 Å². The largest absolute Gasteiger partial charge is 0.496 e. The number of nitrogens with one attached hydrogen (secondary N) is 1. The number of nitrogens with zero attached hydrogens (tertiary/aromatic N) is 1. The third-order valence-electron chi connectivity index (χ3n) is 3.22. The molecular formula is C13H19N3O4. The van der Waals surface area contributed by atoms with Crippen LogP contribution < -0.4 is 15.8 Å². The first-order chi connectivity index (χ1) is 9.40. The van der Waals surface area contributed by atoms with Crippen LogP contribution in [0.1, 0.15) is 20.3 Å². The molecule has 0 radical (unpaired) electrons. The summed E-state index contributed by atoms with van der Waals surface area (Å²) >= 11 is 0. The number of methoxy groups -OCH3 is 1. The number of carbonyl (C=O) groups excluding carboxylic acids is 1. The third-order valence-corrected chi connectivity index (χ3v) is 3.22. The minimum Gasteiger partial charge on any atom is -0.496 e. The Labute approximate surface area is 117 Å². The Bertz CT molecular complexity index is 504. The summed E-state index contributed by atoms with van der Waals surface area (Å²) in [7, 11) is 1.41. The molecule has 110 valence electrons. The Kier molecular flexibility index (Phi) is 5.45. The fourth-order valence-electron chi connectivity index (χ4n) is 1.62. The van der Waals surface area contributed by atoms with Crippen LogP contribution in [0.4, 0.5) is 11.4 Å². The first-order valence-corrected chi connectivity index (χ1v) is 6.29. The molecule has 0 aliphatic rings. The van der Waals surface area contributed by atoms with Crippen LogP contribution in [0.25, 0.3) is 0 Å². The minimum atomic E-state index is -0.707. The van der Waals surface area contributed by atoms with E-state index >= 15 is 0 Å². The molecule has 0 aromatic heterocycles. The number of hydrogen-bond donors (Lipinski definition) is 2. The molecule has 7 nitrogen and oxygen atoms in total. The molecule has 20 heavy (non-hydrogen) atoms. The number of amides is 1. The fraction of sp³-hybridized carbons (Fsp3) is 0.462. The van der Waals surface area contributed by atoms with E-state index in [2.05, 4.69) is 5.32 Å². The van der Waals surface area contributed by atoms with Crippen molar-refractivity contribution in [3.05, 3.63) is 28.3 Å². The maximum absolute atomic E-state index is 12.0. The van der Waals surface area contributed by atoms with Gasteiger partial charge < -0.3 is 15.8 Å². The third kappa shape index (κ3) is 3.67. The average molecular weight is 281 g/mol. The van der Waals surface area contributed by atoms with Gasteiger partial charge in [0.05, 0.1) is 24.1 Å². The van der Waals surface area contributed by atoms with Gasteiger partial charge in [-0.15, -0.1) is 0 Å². The summed E-state index contributed by atoms with van der Waals surface area (Å²) in [4.78, 5) is 22.4. The molecular weight excluding hydrogens is 262 g/mol. The lowest BCUT2D eigenvalue weighted by Crippen LogP contribution is -2.40. The number of nitro benzene ring substituents is 1. The Morgan fingerprint density at radius 3 is 2.70 bits per heavy atom. The number of nitro groups is 1. The van der Waals surface area contributed by atoms with Crippen molar-refractivity contribution in [3.63, 3.8) is 0 Å². The molecule has 1 unspecified atom stereocenters. The van der Waals surface area contributed by atoms with Gasteiger partial charge in [0, 0.05) is 0 Å². The highest BCUT2D eigenvalue weighted by molar-refractivity contribution is 5.96. The lowest BCUT2D eigenvalue weighted by molar-refractivity contribution is -0.384. The standard InChI is InChI=1S/C13H19N3O4/c1-4-8(2)12(14)13(17)15-10-6-5-9(20-3)7-11(10)16(18)19/h5-8,12H,4,14H2,1-3H3,(H,15,17)/t8?,12-/m0/s1. The van der Waals surface area contributed by atoms with Gasteiger partial charge in [0.25, 0.3) is 5.69 Å². The normalized spacial score (nSPS) is 13.4. The maximum atomic E-state index is 12.0. The Morgan fingerprint density at radius 1 is 1.55 bits per heavy atom. The van der Waals surface area contributed by atoms with Crippen molar-refractivity contribution >= 4 is 17.3 Å². The van der Waals surface area contributed by atoms with Gasteiger partial charge in [0.15, 0.2) is 0 Å². The Morgan fingerprint density at radius 2 is 2.20 bits per heavy atom. The number of ether oxygens (including phenoxy) is 1. The van der Waals surface area contributed by atoms with Crippen molar-refractivity contribution in [1.29, 1.82) is 0 Å². The van der Waals surface area contributed by atoms with Crippen LogP contribution in [0.5, 0.6) is 5.75 Å². The highest BCUT2D eigenvalue weighted by atomic mass is 16.6. The van der Waals surface area contributed by atoms with Crippen molar-refractivity contribution in [2.24, 2.45) is 11.7 Å². The van der Waals surface area contributed by atoms with Gasteiger partial charge in [-0.05, 0) is 18.1 Å². The van der Waals surface area contributed by atoms with Crippen LogP contribution in [-0.4, -0.2) is 24.0 Å². The van der Waals surface area contributed by atoms with E-state index in [0.29, 0.717) is 5.75 Å². The summed E-state index contributed by atoms with van der Waals surface area (Å²) in [6, 6.07) is 3.52. The van der Waals surface area contributed by atoms with E-state index < -0.39 is 16.9 Å². The smallest absolute Gasteiger partial charge is 0.296 e. The quantitative estimate of drug-likeness (QED) is 0.611. The number of nitrogens with two attached hydrogens (primary N) is 1. The maximum Gasteiger partial charge on any atom is 0.296 e. The van der Waals surface area contributed by atoms with Crippen molar-refractivity contribution in [1.82, 2.24) is 0 Å². The first kappa shape index (κ1) is 15.9. The van der Waals surface area contributed by atoms with E-state index in [1.807, 2.05) is 13.8 Å². The Hall–Kier alpha value is -2.15. The second-order valence-electron chi connectivity index (χ2n) is 4.54. The van der Waals surface area contributed by atoms with Gasteiger partial charge in [0.2, 0.25) is 5.91 Å². The molecule has 0 aliphatic heterocycles. The monoisotopic (exact) mass is 281 g/mol. The van der Waals surface area contributed by atoms with Crippen molar-refractivity contribution in [2.75, 3.05) is 12.4 Å². The molecule has 0 bridgehead atoms. The summed E-state index contributed by atoms with van der Waals surface area (Å²) in [5, 5.41) is 13.5. The second-order valence-corrected chi connectivity index (χ2v) is 4.54. The van der Waals surface area contributed by atoms with E-state index in [-0.39, 0.29) is 17.3 Å². The zero-order chi connectivity index (χ0) is 15.3. The van der Waals surface area contributed by atoms with Crippen LogP contribution in [0.15, 0.2) is 18.2 Å². The highest BCUT2D eigenvalue weighted by Crippen LogP contribution is 2.29. The van der Waals surface area contributed by atoms with E-state index in [1.54, 1.807) is 0 Å². The fourth-order valence-corrected chi connectivity index (χ4v) is 1.62. The summed E-state index contributed by atoms with van der Waals surface area (Å²) in [6.07, 6.45) is 0.749. The second kappa shape index (κ2) is 6.85. The lowest BCUT2D eigenvalue weighted by atomic mass is 9.99. The molecule has 0 saturated carbocycles. The molecule has 3 N–H and O–H groups in total. The number of benzene rings is 1. The van der Waals surface area contributed by atoms with Gasteiger partial charge in [0.1, 0.15) is 11.4 Å². The lowest BCUT2D eigenvalue weighted by Gasteiger charge is -2.17. The van der Waals surface area contributed by atoms with Gasteiger partial charge in [-0.2, -0.15) is 0 Å². The van der Waals surface area contributed by atoms with Gasteiger partial charge in [-0.1, -0.05) is 20.3 Å². The zero-order valence-electron chi connectivity index (χ0n) is 11.8. The van der Waals surface area contributed by atoms with Crippen LogP contribution in [-0.2, 0) is 4.79 Å². The summed E-state index contributed by atoms with van der Waals surface area (Å²) < 4.78 is 4.93. The van der Waals surface area contributed by atoms with Crippen LogP contribution in [0, 0.1) is 16.0 Å². The summed E-state index contributed by atoms with van der Waals surface area (Å²) in [5.74, 6) is -0.0964. The molecule has 0 aliphatic carbocycles. The number of rotatable bonds is 6. The predicted molar refractivity (Wildman–Crippen MR) is 75.7 cm³/mol. The predicted octanol–water partition coefficient (Wildman–Crippen LogP) is 1.92. The number of anilines is 1. The highest BCUT2D eigenvalue weighted by Gasteiger charge is 2.23. The van der Waals surface area contributed by atoms with Crippen molar-refractivity contribution in [3.8, 4) is 5.75 Å². The topological polar surface area (TPSA) is 107 Å². The summed E-state index contributed by atoms with van der Waals surface area (Å²) in [6.45, 7) is 3.78. The molecule has 1 rings (SSSR count). The van der Waals surface area contributed by atoms with E-state index in [0.717, 1.165) is 6.42 Å². The number of carbonyl (C=O) groups is 1. The van der Waals surface area contributed by atoms with Gasteiger partial charge in [-0.3, -0.25) is 14.9 Å². The molecule has 0 heterocycles. The van der Waals surface area contributed by atoms with Crippen LogP contribution in [0.3, 0.4) is 0 Å².